The average Bonchev–Trinajstić information content (AvgIpc) is 2.86. The monoisotopic (exact) mass is 630 g/mol. The molecule has 0 aliphatic carbocycles. The molecule has 2 amide bonds. The predicted octanol–water partition coefficient (Wildman–Crippen LogP) is 6.29. The van der Waals surface area contributed by atoms with Gasteiger partial charge in [0.05, 0.1) is 10.6 Å². The van der Waals surface area contributed by atoms with E-state index in [0.29, 0.717) is 40.2 Å². The number of carbonyl (C=O) groups excluding carboxylic acids is 2. The van der Waals surface area contributed by atoms with Crippen LogP contribution in [0.1, 0.15) is 68.1 Å². The third-order valence-electron chi connectivity index (χ3n) is 8.98. The number of rotatable bonds is 11. The smallest absolute Gasteiger partial charge is 0.269 e. The highest BCUT2D eigenvalue weighted by molar-refractivity contribution is 6.73. The first-order valence-electron chi connectivity index (χ1n) is 14.2. The molecule has 2 atom stereocenters. The fourth-order valence-electron chi connectivity index (χ4n) is 4.50. The maximum atomic E-state index is 13.5. The SMILES string of the molecule is Cc1c(N[C@@H](C(=O)NNC(=O)c2ccc(CC(C)(C)[Si](C)(C)O)cc2)[C@H](C)CC(C)(C)[Si](C)(C)O)ccc(C#N)c1Cl. The summed E-state index contributed by atoms with van der Waals surface area (Å²) in [6, 6.07) is 11.7. The van der Waals surface area contributed by atoms with Gasteiger partial charge in [-0.25, -0.2) is 0 Å². The Balaban J connectivity index is 2.24. The highest BCUT2D eigenvalue weighted by atomic mass is 35.5. The molecule has 230 valence electrons. The molecule has 2 aromatic rings. The summed E-state index contributed by atoms with van der Waals surface area (Å²) in [6.07, 6.45) is 1.24. The third-order valence-corrected chi connectivity index (χ3v) is 16.5. The molecule has 8 nitrogen and oxygen atoms in total. The second-order valence-corrected chi connectivity index (χ2v) is 23.0. The lowest BCUT2D eigenvalue weighted by molar-refractivity contribution is -0.123. The summed E-state index contributed by atoms with van der Waals surface area (Å²) in [4.78, 5) is 47.9. The van der Waals surface area contributed by atoms with Gasteiger partial charge in [-0.05, 0) is 97.3 Å². The minimum Gasteiger partial charge on any atom is -0.432 e. The summed E-state index contributed by atoms with van der Waals surface area (Å²) < 4.78 is 0. The quantitative estimate of drug-likeness (QED) is 0.146. The highest BCUT2D eigenvalue weighted by Gasteiger charge is 2.41. The van der Waals surface area contributed by atoms with Gasteiger partial charge in [0, 0.05) is 11.3 Å². The van der Waals surface area contributed by atoms with Crippen molar-refractivity contribution in [3.8, 4) is 6.07 Å². The van der Waals surface area contributed by atoms with E-state index in [9.17, 15) is 24.4 Å². The fourth-order valence-corrected chi connectivity index (χ4v) is 6.17. The maximum absolute atomic E-state index is 13.5. The van der Waals surface area contributed by atoms with Crippen molar-refractivity contribution in [3.05, 3.63) is 63.7 Å². The number of hydrogen-bond acceptors (Lipinski definition) is 6. The average molecular weight is 631 g/mol. The minimum atomic E-state index is -2.56. The Morgan fingerprint density at radius 1 is 0.952 bits per heavy atom. The summed E-state index contributed by atoms with van der Waals surface area (Å²) in [5.74, 6) is -1.15. The fraction of sp³-hybridized carbons (Fsp3) is 0.516. The molecule has 0 fully saturated rings. The van der Waals surface area contributed by atoms with Crippen LogP contribution in [0.4, 0.5) is 5.69 Å². The van der Waals surface area contributed by atoms with Crippen molar-refractivity contribution in [1.82, 2.24) is 10.9 Å². The molecule has 11 heteroatoms. The van der Waals surface area contributed by atoms with E-state index in [2.05, 4.69) is 36.1 Å². The van der Waals surface area contributed by atoms with Crippen LogP contribution in [0, 0.1) is 24.2 Å². The first-order chi connectivity index (χ1) is 19.1. The topological polar surface area (TPSA) is 134 Å². The number of nitriles is 1. The molecule has 0 unspecified atom stereocenters. The van der Waals surface area contributed by atoms with Crippen LogP contribution < -0.4 is 16.2 Å². The minimum absolute atomic E-state index is 0.233. The first-order valence-corrected chi connectivity index (χ1v) is 20.5. The van der Waals surface area contributed by atoms with Crippen molar-refractivity contribution < 1.29 is 19.2 Å². The van der Waals surface area contributed by atoms with Crippen LogP contribution in [0.15, 0.2) is 36.4 Å². The summed E-state index contributed by atoms with van der Waals surface area (Å²) in [6.45, 7) is 19.4. The predicted molar refractivity (Wildman–Crippen MR) is 175 cm³/mol. The number of amides is 2. The van der Waals surface area contributed by atoms with E-state index in [1.165, 1.54) is 0 Å². The second kappa shape index (κ2) is 13.3. The lowest BCUT2D eigenvalue weighted by Gasteiger charge is -2.39. The van der Waals surface area contributed by atoms with E-state index in [4.69, 9.17) is 11.6 Å². The summed E-state index contributed by atoms with van der Waals surface area (Å²) >= 11 is 6.39. The molecule has 2 aromatic carbocycles. The number of nitrogens with one attached hydrogen (secondary N) is 3. The lowest BCUT2D eigenvalue weighted by Crippen LogP contribution is -2.52. The Morgan fingerprint density at radius 2 is 1.50 bits per heavy atom. The molecule has 0 heterocycles. The van der Waals surface area contributed by atoms with Crippen molar-refractivity contribution in [2.45, 2.75) is 96.7 Å². The normalized spacial score (nSPS) is 14.0. The van der Waals surface area contributed by atoms with E-state index >= 15 is 0 Å². The number of halogens is 1. The zero-order valence-corrected chi connectivity index (χ0v) is 29.3. The Hall–Kier alpha value is -2.69. The molecule has 0 spiro atoms. The van der Waals surface area contributed by atoms with Crippen LogP contribution in [-0.2, 0) is 11.2 Å². The van der Waals surface area contributed by atoms with Crippen LogP contribution in [0.2, 0.25) is 41.3 Å². The van der Waals surface area contributed by atoms with Crippen molar-refractivity contribution in [2.24, 2.45) is 5.92 Å². The van der Waals surface area contributed by atoms with Gasteiger partial charge in [-0.2, -0.15) is 5.26 Å². The van der Waals surface area contributed by atoms with Gasteiger partial charge in [0.15, 0.2) is 16.6 Å². The lowest BCUT2D eigenvalue weighted by atomic mass is 9.90. The Bertz CT molecular complexity index is 1330. The van der Waals surface area contributed by atoms with Crippen LogP contribution in [-0.4, -0.2) is 44.1 Å². The van der Waals surface area contributed by atoms with Crippen molar-refractivity contribution >= 4 is 45.7 Å². The number of benzene rings is 2. The molecule has 0 aliphatic rings. The zero-order chi connectivity index (χ0) is 32.3. The summed E-state index contributed by atoms with van der Waals surface area (Å²) in [5, 5.41) is 12.3. The molecule has 0 aliphatic heterocycles. The van der Waals surface area contributed by atoms with Gasteiger partial charge >= 0.3 is 0 Å². The first kappa shape index (κ1) is 35.5. The van der Waals surface area contributed by atoms with Gasteiger partial charge in [0.1, 0.15) is 12.1 Å². The molecular weight excluding hydrogens is 584 g/mol. The number of nitrogens with zero attached hydrogens (tertiary/aromatic N) is 1. The van der Waals surface area contributed by atoms with E-state index in [-0.39, 0.29) is 11.0 Å². The van der Waals surface area contributed by atoms with E-state index in [1.807, 2.05) is 59.1 Å². The molecule has 0 bridgehead atoms. The Labute approximate surface area is 258 Å². The molecule has 2 rings (SSSR count). The van der Waals surface area contributed by atoms with Crippen LogP contribution in [0.3, 0.4) is 0 Å². The zero-order valence-electron chi connectivity index (χ0n) is 26.6. The van der Waals surface area contributed by atoms with Gasteiger partial charge < -0.3 is 14.9 Å². The molecule has 5 N–H and O–H groups in total. The number of hydrazine groups is 1. The maximum Gasteiger partial charge on any atom is 0.269 e. The van der Waals surface area contributed by atoms with Gasteiger partial charge in [-0.1, -0.05) is 58.4 Å². The second-order valence-electron chi connectivity index (χ2n) is 13.7. The largest absolute Gasteiger partial charge is 0.432 e. The molecule has 0 saturated heterocycles. The van der Waals surface area contributed by atoms with Crippen molar-refractivity contribution in [3.63, 3.8) is 0 Å². The molecule has 0 radical (unpaired) electrons. The number of anilines is 1. The van der Waals surface area contributed by atoms with Gasteiger partial charge in [-0.15, -0.1) is 0 Å². The van der Waals surface area contributed by atoms with Crippen molar-refractivity contribution in [1.29, 1.82) is 5.26 Å². The van der Waals surface area contributed by atoms with Crippen LogP contribution >= 0.6 is 11.6 Å². The summed E-state index contributed by atoms with van der Waals surface area (Å²) in [7, 11) is -4.94. The van der Waals surface area contributed by atoms with E-state index < -0.39 is 39.5 Å². The molecular formula is C31H47ClN4O4Si2. The van der Waals surface area contributed by atoms with E-state index in [1.54, 1.807) is 31.2 Å². The van der Waals surface area contributed by atoms with E-state index in [0.717, 1.165) is 5.56 Å². The molecule has 0 saturated carbocycles. The third kappa shape index (κ3) is 8.67. The van der Waals surface area contributed by atoms with Crippen LogP contribution in [0.5, 0.6) is 0 Å². The van der Waals surface area contributed by atoms with Crippen molar-refractivity contribution in [2.75, 3.05) is 5.32 Å². The highest BCUT2D eigenvalue weighted by Crippen LogP contribution is 2.42. The number of carbonyl (C=O) groups is 2. The van der Waals surface area contributed by atoms with Gasteiger partial charge in [0.2, 0.25) is 0 Å². The Morgan fingerprint density at radius 3 is 2.00 bits per heavy atom. The molecule has 42 heavy (non-hydrogen) atoms. The number of hydrogen-bond donors (Lipinski definition) is 5. The van der Waals surface area contributed by atoms with Crippen LogP contribution in [0.25, 0.3) is 0 Å². The summed E-state index contributed by atoms with van der Waals surface area (Å²) in [5.41, 5.74) is 8.08. The molecule has 0 aromatic heterocycles. The Kier molecular flexibility index (Phi) is 11.3. The van der Waals surface area contributed by atoms with Gasteiger partial charge in [-0.3, -0.25) is 20.4 Å². The van der Waals surface area contributed by atoms with Gasteiger partial charge in [0.25, 0.3) is 11.8 Å². The standard InChI is InChI=1S/C31H47ClN4O4Si2/c1-20(17-30(3,4)41(7,8)39)27(34-25-16-15-24(19-33)26(32)21(25)2)29(38)36-35-28(37)23-13-11-22(12-14-23)18-31(5,6)42(9,10)40/h11-16,20,27,34,39-40H,17-18H2,1-10H3,(H,35,37)(H,36,38)/t20-,27-/m1/s1.